The van der Waals surface area contributed by atoms with Crippen molar-refractivity contribution in [2.24, 2.45) is 0 Å². The summed E-state index contributed by atoms with van der Waals surface area (Å²) in [5.41, 5.74) is 5.11. The fraction of sp³-hybridized carbons (Fsp3) is 0.241. The molecule has 0 fully saturated rings. The molecule has 1 atom stereocenters. The number of H-pyrrole nitrogens is 1. The quantitative estimate of drug-likeness (QED) is 0.325. The molecule has 4 aromatic rings. The molecule has 3 heterocycles. The number of aromatic nitrogens is 2. The highest BCUT2D eigenvalue weighted by atomic mass is 16.7. The summed E-state index contributed by atoms with van der Waals surface area (Å²) < 4.78 is 17.0. The van der Waals surface area contributed by atoms with E-state index in [1.54, 1.807) is 0 Å². The second-order valence-electron chi connectivity index (χ2n) is 9.02. The van der Waals surface area contributed by atoms with Crippen LogP contribution >= 0.6 is 0 Å². The minimum Gasteiger partial charge on any atom is -0.494 e. The molecule has 1 unspecified atom stereocenters. The number of ether oxygens (including phenoxy) is 3. The van der Waals surface area contributed by atoms with Gasteiger partial charge in [-0.2, -0.15) is 5.10 Å². The van der Waals surface area contributed by atoms with E-state index in [2.05, 4.69) is 17.1 Å². The largest absolute Gasteiger partial charge is 0.494 e. The SMILES string of the molecule is CCCCOc1cccc(C2c3c(-c4ccccc4)n[nH]c3C(=O)N2Cc2ccc3c(c2)OCO3)c1. The average Bonchev–Trinajstić information content (AvgIpc) is 3.61. The molecule has 6 rings (SSSR count). The molecule has 0 spiro atoms. The molecule has 36 heavy (non-hydrogen) atoms. The van der Waals surface area contributed by atoms with Crippen molar-refractivity contribution < 1.29 is 19.0 Å². The Morgan fingerprint density at radius 1 is 1.03 bits per heavy atom. The summed E-state index contributed by atoms with van der Waals surface area (Å²) in [4.78, 5) is 15.6. The summed E-state index contributed by atoms with van der Waals surface area (Å²) in [5, 5.41) is 7.60. The maximum Gasteiger partial charge on any atom is 0.273 e. The van der Waals surface area contributed by atoms with Gasteiger partial charge in [0.25, 0.3) is 5.91 Å². The van der Waals surface area contributed by atoms with Gasteiger partial charge in [0.1, 0.15) is 11.4 Å². The van der Waals surface area contributed by atoms with Gasteiger partial charge >= 0.3 is 0 Å². The molecule has 1 aromatic heterocycles. The lowest BCUT2D eigenvalue weighted by atomic mass is 9.95. The third-order valence-electron chi connectivity index (χ3n) is 6.64. The van der Waals surface area contributed by atoms with Gasteiger partial charge in [0.15, 0.2) is 11.5 Å². The standard InChI is InChI=1S/C29H27N3O4/c1-2-3-14-34-22-11-7-10-21(16-22)28-25-26(20-8-5-4-6-9-20)30-31-27(25)29(33)32(28)17-19-12-13-23-24(15-19)36-18-35-23/h4-13,15-16,28H,2-3,14,17-18H2,1H3,(H,30,31). The highest BCUT2D eigenvalue weighted by Crippen LogP contribution is 2.44. The van der Waals surface area contributed by atoms with Crippen molar-refractivity contribution in [2.45, 2.75) is 32.4 Å². The van der Waals surface area contributed by atoms with Crippen LogP contribution in [-0.4, -0.2) is 34.4 Å². The zero-order valence-electron chi connectivity index (χ0n) is 20.1. The topological polar surface area (TPSA) is 76.7 Å². The number of amides is 1. The van der Waals surface area contributed by atoms with Crippen molar-refractivity contribution in [1.82, 2.24) is 15.1 Å². The molecule has 2 aliphatic heterocycles. The Balaban J connectivity index is 1.42. The average molecular weight is 482 g/mol. The van der Waals surface area contributed by atoms with Gasteiger partial charge < -0.3 is 19.1 Å². The van der Waals surface area contributed by atoms with E-state index in [9.17, 15) is 4.79 Å². The Bertz CT molecular complexity index is 1400. The Labute approximate surface area is 209 Å². The van der Waals surface area contributed by atoms with Crippen LogP contribution < -0.4 is 14.2 Å². The molecule has 0 saturated heterocycles. The summed E-state index contributed by atoms with van der Waals surface area (Å²) in [6.45, 7) is 3.43. The predicted molar refractivity (Wildman–Crippen MR) is 135 cm³/mol. The van der Waals surface area contributed by atoms with E-state index in [-0.39, 0.29) is 18.7 Å². The van der Waals surface area contributed by atoms with Crippen LogP contribution in [0.15, 0.2) is 72.8 Å². The number of carbonyl (C=O) groups is 1. The number of unbranched alkanes of at least 4 members (excludes halogenated alkanes) is 1. The molecule has 0 bridgehead atoms. The third kappa shape index (κ3) is 3.96. The van der Waals surface area contributed by atoms with E-state index in [0.29, 0.717) is 24.6 Å². The van der Waals surface area contributed by atoms with E-state index in [4.69, 9.17) is 14.2 Å². The van der Waals surface area contributed by atoms with Gasteiger partial charge in [-0.3, -0.25) is 9.89 Å². The number of fused-ring (bicyclic) bond motifs is 2. The molecule has 7 heteroatoms. The summed E-state index contributed by atoms with van der Waals surface area (Å²) >= 11 is 0. The summed E-state index contributed by atoms with van der Waals surface area (Å²) in [6, 6.07) is 23.5. The van der Waals surface area contributed by atoms with Crippen LogP contribution in [0.4, 0.5) is 0 Å². The Hall–Kier alpha value is -4.26. The van der Waals surface area contributed by atoms with Crippen LogP contribution in [0.1, 0.15) is 53.0 Å². The van der Waals surface area contributed by atoms with Crippen molar-refractivity contribution in [3.63, 3.8) is 0 Å². The van der Waals surface area contributed by atoms with Gasteiger partial charge in [0.05, 0.1) is 18.3 Å². The van der Waals surface area contributed by atoms with Crippen molar-refractivity contribution in [1.29, 1.82) is 0 Å². The van der Waals surface area contributed by atoms with Crippen LogP contribution in [0.5, 0.6) is 17.2 Å². The van der Waals surface area contributed by atoms with E-state index in [0.717, 1.165) is 52.3 Å². The van der Waals surface area contributed by atoms with Gasteiger partial charge in [0, 0.05) is 17.7 Å². The van der Waals surface area contributed by atoms with Crippen molar-refractivity contribution in [3.05, 3.63) is 95.2 Å². The first-order chi connectivity index (χ1) is 17.7. The lowest BCUT2D eigenvalue weighted by molar-refractivity contribution is 0.0729. The molecule has 182 valence electrons. The number of benzene rings is 3. The molecule has 0 saturated carbocycles. The van der Waals surface area contributed by atoms with Gasteiger partial charge in [-0.25, -0.2) is 0 Å². The van der Waals surface area contributed by atoms with Crippen LogP contribution in [0.25, 0.3) is 11.3 Å². The Morgan fingerprint density at radius 2 is 1.89 bits per heavy atom. The summed E-state index contributed by atoms with van der Waals surface area (Å²) in [7, 11) is 0. The molecular weight excluding hydrogens is 454 g/mol. The zero-order valence-corrected chi connectivity index (χ0v) is 20.1. The Morgan fingerprint density at radius 3 is 2.75 bits per heavy atom. The van der Waals surface area contributed by atoms with Gasteiger partial charge in [-0.05, 0) is 41.8 Å². The highest BCUT2D eigenvalue weighted by Gasteiger charge is 2.42. The van der Waals surface area contributed by atoms with Gasteiger partial charge in [-0.1, -0.05) is 61.9 Å². The number of aromatic amines is 1. The maximum atomic E-state index is 13.7. The molecule has 7 nitrogen and oxygen atoms in total. The minimum atomic E-state index is -0.318. The number of nitrogens with one attached hydrogen (secondary N) is 1. The second-order valence-corrected chi connectivity index (χ2v) is 9.02. The first kappa shape index (κ1) is 22.2. The van der Waals surface area contributed by atoms with E-state index < -0.39 is 0 Å². The lowest BCUT2D eigenvalue weighted by Gasteiger charge is -2.27. The maximum absolute atomic E-state index is 13.7. The summed E-state index contributed by atoms with van der Waals surface area (Å²) in [5.74, 6) is 2.14. The van der Waals surface area contributed by atoms with Crippen molar-refractivity contribution in [3.8, 4) is 28.5 Å². The molecular formula is C29H27N3O4. The molecule has 1 amide bonds. The van der Waals surface area contributed by atoms with Crippen molar-refractivity contribution >= 4 is 5.91 Å². The van der Waals surface area contributed by atoms with Gasteiger partial charge in [0.2, 0.25) is 6.79 Å². The third-order valence-corrected chi connectivity index (χ3v) is 6.64. The zero-order chi connectivity index (χ0) is 24.5. The molecule has 0 radical (unpaired) electrons. The molecule has 3 aromatic carbocycles. The lowest BCUT2D eigenvalue weighted by Crippen LogP contribution is -2.29. The fourth-order valence-electron chi connectivity index (χ4n) is 4.87. The Kier molecular flexibility index (Phi) is 5.81. The number of hydrogen-bond donors (Lipinski definition) is 1. The first-order valence-electron chi connectivity index (χ1n) is 12.3. The van der Waals surface area contributed by atoms with Crippen LogP contribution in [0.3, 0.4) is 0 Å². The van der Waals surface area contributed by atoms with Gasteiger partial charge in [-0.15, -0.1) is 0 Å². The molecule has 2 aliphatic rings. The minimum absolute atomic E-state index is 0.0837. The fourth-order valence-corrected chi connectivity index (χ4v) is 4.87. The van der Waals surface area contributed by atoms with E-state index in [1.165, 1.54) is 0 Å². The normalized spacial score (nSPS) is 15.9. The second kappa shape index (κ2) is 9.41. The summed E-state index contributed by atoms with van der Waals surface area (Å²) in [6.07, 6.45) is 2.06. The predicted octanol–water partition coefficient (Wildman–Crippen LogP) is 5.73. The van der Waals surface area contributed by atoms with Crippen LogP contribution in [0, 0.1) is 0 Å². The van der Waals surface area contributed by atoms with Crippen LogP contribution in [-0.2, 0) is 6.54 Å². The smallest absolute Gasteiger partial charge is 0.273 e. The van der Waals surface area contributed by atoms with E-state index >= 15 is 0 Å². The first-order valence-corrected chi connectivity index (χ1v) is 12.3. The number of rotatable bonds is 8. The number of hydrogen-bond acceptors (Lipinski definition) is 5. The van der Waals surface area contributed by atoms with E-state index in [1.807, 2.05) is 77.7 Å². The molecule has 0 aliphatic carbocycles. The number of carbonyl (C=O) groups excluding carboxylic acids is 1. The number of nitrogens with zero attached hydrogens (tertiary/aromatic N) is 2. The highest BCUT2D eigenvalue weighted by molar-refractivity contribution is 6.00. The molecule has 1 N–H and O–H groups in total. The van der Waals surface area contributed by atoms with Crippen molar-refractivity contribution in [2.75, 3.05) is 13.4 Å². The monoisotopic (exact) mass is 481 g/mol. The van der Waals surface area contributed by atoms with Crippen LogP contribution in [0.2, 0.25) is 0 Å².